The van der Waals surface area contributed by atoms with E-state index in [0.29, 0.717) is 23.6 Å². The molecule has 0 aliphatic heterocycles. The van der Waals surface area contributed by atoms with Crippen molar-refractivity contribution in [2.75, 3.05) is 19.0 Å². The van der Waals surface area contributed by atoms with Crippen molar-refractivity contribution in [2.24, 2.45) is 0 Å². The second-order valence-electron chi connectivity index (χ2n) is 5.73. The van der Waals surface area contributed by atoms with Crippen LogP contribution in [-0.2, 0) is 4.84 Å². The maximum Gasteiger partial charge on any atom is 0.278 e. The lowest BCUT2D eigenvalue weighted by Gasteiger charge is -2.16. The standard InChI is InChI=1S/C20H21N3O3/c1-4-26-23-20(24)16-12-21-18-11-14(25-3)9-10-15(18)19(16)22-17-8-6-5-7-13(17)2/h5-12H,4H2,1-3H3,(H,21,22)(H,23,24). The number of carbonyl (C=O) groups is 1. The SMILES string of the molecule is CCONC(=O)c1cnc2cc(OC)ccc2c1Nc1ccccc1C. The number of pyridine rings is 1. The van der Waals surface area contributed by atoms with Crippen LogP contribution in [-0.4, -0.2) is 24.6 Å². The molecule has 2 aromatic carbocycles. The summed E-state index contributed by atoms with van der Waals surface area (Å²) in [6.45, 7) is 4.19. The van der Waals surface area contributed by atoms with Gasteiger partial charge < -0.3 is 10.1 Å². The summed E-state index contributed by atoms with van der Waals surface area (Å²) in [7, 11) is 1.61. The summed E-state index contributed by atoms with van der Waals surface area (Å²) < 4.78 is 5.27. The third-order valence-corrected chi connectivity index (χ3v) is 4.03. The quantitative estimate of drug-likeness (QED) is 0.657. The number of amides is 1. The molecule has 6 nitrogen and oxygen atoms in total. The minimum absolute atomic E-state index is 0.354. The Morgan fingerprint density at radius 3 is 2.73 bits per heavy atom. The number of aryl methyl sites for hydroxylation is 1. The summed E-state index contributed by atoms with van der Waals surface area (Å²) in [5.41, 5.74) is 6.23. The smallest absolute Gasteiger partial charge is 0.278 e. The number of hydroxylamine groups is 1. The Kier molecular flexibility index (Phi) is 5.34. The first kappa shape index (κ1) is 17.7. The highest BCUT2D eigenvalue weighted by Gasteiger charge is 2.17. The molecule has 1 aromatic heterocycles. The van der Waals surface area contributed by atoms with E-state index in [1.54, 1.807) is 14.0 Å². The van der Waals surface area contributed by atoms with E-state index in [1.165, 1.54) is 6.20 Å². The topological polar surface area (TPSA) is 72.5 Å². The van der Waals surface area contributed by atoms with Gasteiger partial charge >= 0.3 is 0 Å². The highest BCUT2D eigenvalue weighted by molar-refractivity contribution is 6.08. The molecule has 3 aromatic rings. The monoisotopic (exact) mass is 351 g/mol. The first-order valence-corrected chi connectivity index (χ1v) is 8.35. The number of nitrogens with zero attached hydrogens (tertiary/aromatic N) is 1. The van der Waals surface area contributed by atoms with E-state index in [2.05, 4.69) is 15.8 Å². The fourth-order valence-electron chi connectivity index (χ4n) is 2.65. The van der Waals surface area contributed by atoms with Crippen molar-refractivity contribution in [3.8, 4) is 5.75 Å². The van der Waals surface area contributed by atoms with Crippen LogP contribution in [0.4, 0.5) is 11.4 Å². The van der Waals surface area contributed by atoms with Gasteiger partial charge in [-0.3, -0.25) is 14.6 Å². The Morgan fingerprint density at radius 2 is 2.00 bits per heavy atom. The number of para-hydroxylation sites is 1. The molecule has 0 aliphatic carbocycles. The van der Waals surface area contributed by atoms with E-state index in [1.807, 2.05) is 49.4 Å². The molecule has 0 bridgehead atoms. The fraction of sp³-hybridized carbons (Fsp3) is 0.200. The number of aromatic nitrogens is 1. The van der Waals surface area contributed by atoms with Gasteiger partial charge in [-0.1, -0.05) is 18.2 Å². The Balaban J connectivity index is 2.13. The first-order chi connectivity index (χ1) is 12.6. The first-order valence-electron chi connectivity index (χ1n) is 8.35. The van der Waals surface area contributed by atoms with Crippen molar-refractivity contribution in [2.45, 2.75) is 13.8 Å². The summed E-state index contributed by atoms with van der Waals surface area (Å²) in [5.74, 6) is 0.353. The molecule has 0 saturated carbocycles. The zero-order valence-corrected chi connectivity index (χ0v) is 15.0. The average molecular weight is 351 g/mol. The summed E-state index contributed by atoms with van der Waals surface area (Å²) in [6.07, 6.45) is 1.54. The molecule has 134 valence electrons. The lowest BCUT2D eigenvalue weighted by atomic mass is 10.1. The average Bonchev–Trinajstić information content (AvgIpc) is 2.67. The number of carbonyl (C=O) groups excluding carboxylic acids is 1. The molecule has 0 spiro atoms. The number of ether oxygens (including phenoxy) is 1. The van der Waals surface area contributed by atoms with Crippen molar-refractivity contribution in [3.05, 3.63) is 59.8 Å². The molecular formula is C20H21N3O3. The number of anilines is 2. The zero-order chi connectivity index (χ0) is 18.5. The molecule has 3 rings (SSSR count). The van der Waals surface area contributed by atoms with E-state index in [4.69, 9.17) is 9.57 Å². The molecule has 26 heavy (non-hydrogen) atoms. The van der Waals surface area contributed by atoms with Crippen LogP contribution in [0.1, 0.15) is 22.8 Å². The van der Waals surface area contributed by atoms with E-state index in [9.17, 15) is 4.79 Å². The molecule has 1 heterocycles. The van der Waals surface area contributed by atoms with Crippen LogP contribution in [0.2, 0.25) is 0 Å². The number of benzene rings is 2. The van der Waals surface area contributed by atoms with Crippen molar-refractivity contribution < 1.29 is 14.4 Å². The second kappa shape index (κ2) is 7.84. The number of rotatable bonds is 6. The van der Waals surface area contributed by atoms with Gasteiger partial charge in [-0.15, -0.1) is 0 Å². The Morgan fingerprint density at radius 1 is 1.19 bits per heavy atom. The second-order valence-corrected chi connectivity index (χ2v) is 5.73. The van der Waals surface area contributed by atoms with Crippen LogP contribution >= 0.6 is 0 Å². The van der Waals surface area contributed by atoms with Crippen LogP contribution in [0.5, 0.6) is 5.75 Å². The van der Waals surface area contributed by atoms with Crippen LogP contribution in [0.3, 0.4) is 0 Å². The molecular weight excluding hydrogens is 330 g/mol. The number of hydrogen-bond acceptors (Lipinski definition) is 5. The maximum atomic E-state index is 12.5. The Labute approximate surface area is 152 Å². The van der Waals surface area contributed by atoms with Crippen LogP contribution < -0.4 is 15.5 Å². The van der Waals surface area contributed by atoms with E-state index >= 15 is 0 Å². The van der Waals surface area contributed by atoms with Gasteiger partial charge in [0, 0.05) is 23.3 Å². The molecule has 2 N–H and O–H groups in total. The fourth-order valence-corrected chi connectivity index (χ4v) is 2.65. The van der Waals surface area contributed by atoms with E-state index in [-0.39, 0.29) is 5.91 Å². The highest BCUT2D eigenvalue weighted by atomic mass is 16.6. The molecule has 0 unspecified atom stereocenters. The summed E-state index contributed by atoms with van der Waals surface area (Å²) in [5, 5.41) is 4.20. The van der Waals surface area contributed by atoms with Crippen LogP contribution in [0, 0.1) is 6.92 Å². The summed E-state index contributed by atoms with van der Waals surface area (Å²) >= 11 is 0. The molecule has 0 radical (unpaired) electrons. The van der Waals surface area contributed by atoms with Gasteiger partial charge in [0.15, 0.2) is 0 Å². The number of nitrogens with one attached hydrogen (secondary N) is 2. The van der Waals surface area contributed by atoms with Crippen molar-refractivity contribution in [1.29, 1.82) is 0 Å². The van der Waals surface area contributed by atoms with Crippen LogP contribution in [0.25, 0.3) is 10.9 Å². The third kappa shape index (κ3) is 3.60. The predicted molar refractivity (Wildman–Crippen MR) is 102 cm³/mol. The zero-order valence-electron chi connectivity index (χ0n) is 15.0. The Hall–Kier alpha value is -3.12. The Bertz CT molecular complexity index is 941. The molecule has 0 atom stereocenters. The number of hydrogen-bond donors (Lipinski definition) is 2. The largest absolute Gasteiger partial charge is 0.497 e. The van der Waals surface area contributed by atoms with Crippen molar-refractivity contribution >= 4 is 28.2 Å². The lowest BCUT2D eigenvalue weighted by molar-refractivity contribution is 0.0365. The van der Waals surface area contributed by atoms with Gasteiger partial charge in [0.25, 0.3) is 5.91 Å². The van der Waals surface area contributed by atoms with Crippen molar-refractivity contribution in [1.82, 2.24) is 10.5 Å². The normalized spacial score (nSPS) is 10.6. The molecule has 6 heteroatoms. The minimum atomic E-state index is -0.354. The van der Waals surface area contributed by atoms with Gasteiger partial charge in [0.05, 0.1) is 30.5 Å². The van der Waals surface area contributed by atoms with Gasteiger partial charge in [-0.05, 0) is 37.6 Å². The highest BCUT2D eigenvalue weighted by Crippen LogP contribution is 2.32. The van der Waals surface area contributed by atoms with E-state index in [0.717, 1.165) is 22.2 Å². The maximum absolute atomic E-state index is 12.5. The van der Waals surface area contributed by atoms with Crippen molar-refractivity contribution in [3.63, 3.8) is 0 Å². The van der Waals surface area contributed by atoms with Gasteiger partial charge in [0.2, 0.25) is 0 Å². The summed E-state index contributed by atoms with van der Waals surface area (Å²) in [4.78, 5) is 22.0. The van der Waals surface area contributed by atoms with E-state index < -0.39 is 0 Å². The number of fused-ring (bicyclic) bond motifs is 1. The minimum Gasteiger partial charge on any atom is -0.497 e. The molecule has 0 saturated heterocycles. The lowest BCUT2D eigenvalue weighted by Crippen LogP contribution is -2.24. The van der Waals surface area contributed by atoms with Gasteiger partial charge in [-0.25, -0.2) is 5.48 Å². The summed E-state index contributed by atoms with van der Waals surface area (Å²) in [6, 6.07) is 13.5. The molecule has 0 fully saturated rings. The number of methoxy groups -OCH3 is 1. The van der Waals surface area contributed by atoms with Crippen LogP contribution in [0.15, 0.2) is 48.7 Å². The predicted octanol–water partition coefficient (Wildman–Crippen LogP) is 3.98. The van der Waals surface area contributed by atoms with Gasteiger partial charge in [0.1, 0.15) is 5.75 Å². The van der Waals surface area contributed by atoms with Gasteiger partial charge in [-0.2, -0.15) is 0 Å². The molecule has 1 amide bonds. The third-order valence-electron chi connectivity index (χ3n) is 4.03. The molecule has 0 aliphatic rings.